The van der Waals surface area contributed by atoms with E-state index in [0.717, 1.165) is 56.8 Å². The molecule has 4 amide bonds. The van der Waals surface area contributed by atoms with Crippen LogP contribution in [0.1, 0.15) is 24.8 Å². The van der Waals surface area contributed by atoms with Crippen molar-refractivity contribution in [2.75, 3.05) is 40.3 Å². The topological polar surface area (TPSA) is 73.9 Å². The van der Waals surface area contributed by atoms with Gasteiger partial charge in [0, 0.05) is 39.8 Å². The van der Waals surface area contributed by atoms with Gasteiger partial charge in [-0.05, 0) is 48.8 Å². The maximum atomic E-state index is 12.5. The molecule has 2 aliphatic rings. The molecule has 2 heterocycles. The number of carbonyl (C=O) groups excluding carboxylic acids is 2. The number of carbonyl (C=O) groups is 2. The highest BCUT2D eigenvalue weighted by atomic mass is 16.5. The van der Waals surface area contributed by atoms with Gasteiger partial charge in [-0.3, -0.25) is 0 Å². The maximum absolute atomic E-state index is 12.5. The van der Waals surface area contributed by atoms with E-state index in [-0.39, 0.29) is 12.1 Å². The summed E-state index contributed by atoms with van der Waals surface area (Å²) < 4.78 is 5.22. The van der Waals surface area contributed by atoms with Crippen LogP contribution >= 0.6 is 0 Å². The molecule has 1 unspecified atom stereocenters. The van der Waals surface area contributed by atoms with Gasteiger partial charge < -0.3 is 25.2 Å². The van der Waals surface area contributed by atoms with Crippen molar-refractivity contribution in [1.29, 1.82) is 0 Å². The lowest BCUT2D eigenvalue weighted by molar-refractivity contribution is 0.151. The van der Waals surface area contributed by atoms with Gasteiger partial charge in [-0.15, -0.1) is 0 Å². The summed E-state index contributed by atoms with van der Waals surface area (Å²) in [4.78, 5) is 28.0. The van der Waals surface area contributed by atoms with E-state index in [4.69, 9.17) is 4.74 Å². The molecule has 7 nitrogen and oxygen atoms in total. The predicted molar refractivity (Wildman–Crippen MR) is 104 cm³/mol. The second-order valence-electron chi connectivity index (χ2n) is 7.38. The Bertz CT molecular complexity index is 658. The molecule has 0 radical (unpaired) electrons. The number of nitrogens with zero attached hydrogens (tertiary/aromatic N) is 2. The molecule has 0 bridgehead atoms. The van der Waals surface area contributed by atoms with E-state index in [9.17, 15) is 9.59 Å². The molecule has 2 fully saturated rings. The molecule has 148 valence electrons. The molecule has 2 saturated heterocycles. The molecule has 3 rings (SSSR count). The molecule has 2 N–H and O–H groups in total. The fourth-order valence-corrected chi connectivity index (χ4v) is 4.16. The van der Waals surface area contributed by atoms with E-state index in [2.05, 4.69) is 10.6 Å². The zero-order valence-electron chi connectivity index (χ0n) is 16.2. The monoisotopic (exact) mass is 374 g/mol. The molecule has 7 heteroatoms. The van der Waals surface area contributed by atoms with Crippen LogP contribution in [0.25, 0.3) is 0 Å². The van der Waals surface area contributed by atoms with Crippen LogP contribution in [0.3, 0.4) is 0 Å². The van der Waals surface area contributed by atoms with Crippen LogP contribution in [0, 0.1) is 11.8 Å². The van der Waals surface area contributed by atoms with Gasteiger partial charge in [-0.25, -0.2) is 9.59 Å². The third kappa shape index (κ3) is 4.84. The Morgan fingerprint density at radius 3 is 2.48 bits per heavy atom. The van der Waals surface area contributed by atoms with Gasteiger partial charge in [-0.1, -0.05) is 12.1 Å². The number of ether oxygens (including phenoxy) is 1. The van der Waals surface area contributed by atoms with E-state index in [1.54, 1.807) is 14.2 Å². The summed E-state index contributed by atoms with van der Waals surface area (Å²) in [6.45, 7) is 3.74. The van der Waals surface area contributed by atoms with E-state index in [1.165, 1.54) is 0 Å². The van der Waals surface area contributed by atoms with Crippen molar-refractivity contribution in [3.05, 3.63) is 29.8 Å². The van der Waals surface area contributed by atoms with Crippen molar-refractivity contribution in [2.45, 2.75) is 25.8 Å². The summed E-state index contributed by atoms with van der Waals surface area (Å²) in [5, 5.41) is 5.71. The number of piperidine rings is 1. The zero-order chi connectivity index (χ0) is 19.2. The van der Waals surface area contributed by atoms with Gasteiger partial charge in [0.1, 0.15) is 5.75 Å². The second kappa shape index (κ2) is 8.97. The van der Waals surface area contributed by atoms with Gasteiger partial charge in [0.25, 0.3) is 0 Å². The largest absolute Gasteiger partial charge is 0.497 e. The van der Waals surface area contributed by atoms with Crippen molar-refractivity contribution in [2.24, 2.45) is 11.8 Å². The fraction of sp³-hybridized carbons (Fsp3) is 0.600. The average molecular weight is 374 g/mol. The summed E-state index contributed by atoms with van der Waals surface area (Å²) in [6, 6.07) is 7.76. The highest BCUT2D eigenvalue weighted by molar-refractivity contribution is 5.74. The number of amides is 4. The molecule has 0 spiro atoms. The highest BCUT2D eigenvalue weighted by Crippen LogP contribution is 2.31. The Morgan fingerprint density at radius 1 is 1.07 bits per heavy atom. The van der Waals surface area contributed by atoms with Gasteiger partial charge in [-0.2, -0.15) is 0 Å². The summed E-state index contributed by atoms with van der Waals surface area (Å²) in [7, 11) is 3.31. The third-order valence-electron chi connectivity index (χ3n) is 5.80. The lowest BCUT2D eigenvalue weighted by Crippen LogP contribution is -2.44. The Morgan fingerprint density at radius 2 is 1.78 bits per heavy atom. The summed E-state index contributed by atoms with van der Waals surface area (Å²) in [5.41, 5.74) is 1.03. The first kappa shape index (κ1) is 19.3. The van der Waals surface area contributed by atoms with Crippen molar-refractivity contribution < 1.29 is 14.3 Å². The third-order valence-corrected chi connectivity index (χ3v) is 5.80. The predicted octanol–water partition coefficient (Wildman–Crippen LogP) is 2.28. The minimum atomic E-state index is 0.00289. The minimum absolute atomic E-state index is 0.00289. The number of methoxy groups -OCH3 is 1. The molecule has 0 saturated carbocycles. The lowest BCUT2D eigenvalue weighted by atomic mass is 9.84. The van der Waals surface area contributed by atoms with Crippen molar-refractivity contribution in [3.8, 4) is 5.75 Å². The van der Waals surface area contributed by atoms with E-state index >= 15 is 0 Å². The first-order valence-corrected chi connectivity index (χ1v) is 9.73. The standard InChI is InChI=1S/C20H30N4O3/c1-21-19(25)23-9-6-16(7-10-23)17-8-11-24(14-17)20(26)22-13-15-4-3-5-18(12-15)27-2/h3-5,12,16-17H,6-11,13-14H2,1-2H3,(H,21,25)(H,22,26). The van der Waals surface area contributed by atoms with Crippen LogP contribution in [-0.4, -0.2) is 62.2 Å². The normalized spacial score (nSPS) is 20.4. The molecule has 0 aromatic heterocycles. The molecule has 1 atom stereocenters. The molecular formula is C20H30N4O3. The van der Waals surface area contributed by atoms with Crippen LogP contribution in [0.5, 0.6) is 5.75 Å². The van der Waals surface area contributed by atoms with E-state index in [0.29, 0.717) is 18.4 Å². The number of urea groups is 2. The molecule has 27 heavy (non-hydrogen) atoms. The van der Waals surface area contributed by atoms with Crippen molar-refractivity contribution in [1.82, 2.24) is 20.4 Å². The number of hydrogen-bond donors (Lipinski definition) is 2. The SMILES string of the molecule is CNC(=O)N1CCC(C2CCN(C(=O)NCc3cccc(OC)c3)C2)CC1. The van der Waals surface area contributed by atoms with Crippen molar-refractivity contribution >= 4 is 12.1 Å². The van der Waals surface area contributed by atoms with Gasteiger partial charge >= 0.3 is 12.1 Å². The number of hydrogen-bond acceptors (Lipinski definition) is 3. The zero-order valence-corrected chi connectivity index (χ0v) is 16.2. The lowest BCUT2D eigenvalue weighted by Gasteiger charge is -2.34. The van der Waals surface area contributed by atoms with Crippen LogP contribution < -0.4 is 15.4 Å². The Balaban J connectivity index is 1.43. The fourth-order valence-electron chi connectivity index (χ4n) is 4.16. The second-order valence-corrected chi connectivity index (χ2v) is 7.38. The Hall–Kier alpha value is -2.44. The number of benzene rings is 1. The van der Waals surface area contributed by atoms with Gasteiger partial charge in [0.2, 0.25) is 0 Å². The molecule has 2 aliphatic heterocycles. The van der Waals surface area contributed by atoms with Crippen LogP contribution in [0.15, 0.2) is 24.3 Å². The quantitative estimate of drug-likeness (QED) is 0.849. The average Bonchev–Trinajstić information content (AvgIpc) is 3.22. The van der Waals surface area contributed by atoms with Crippen LogP contribution in [0.2, 0.25) is 0 Å². The number of nitrogens with one attached hydrogen (secondary N) is 2. The molecule has 1 aromatic rings. The summed E-state index contributed by atoms with van der Waals surface area (Å²) >= 11 is 0. The smallest absolute Gasteiger partial charge is 0.317 e. The summed E-state index contributed by atoms with van der Waals surface area (Å²) in [5.74, 6) is 1.94. The minimum Gasteiger partial charge on any atom is -0.497 e. The Kier molecular flexibility index (Phi) is 6.42. The summed E-state index contributed by atoms with van der Waals surface area (Å²) in [6.07, 6.45) is 3.10. The number of rotatable bonds is 4. The highest BCUT2D eigenvalue weighted by Gasteiger charge is 2.34. The van der Waals surface area contributed by atoms with E-state index < -0.39 is 0 Å². The Labute approximate surface area is 161 Å². The first-order valence-electron chi connectivity index (χ1n) is 9.73. The van der Waals surface area contributed by atoms with Crippen LogP contribution in [0.4, 0.5) is 9.59 Å². The number of likely N-dealkylation sites (tertiary alicyclic amines) is 2. The maximum Gasteiger partial charge on any atom is 0.317 e. The van der Waals surface area contributed by atoms with Crippen molar-refractivity contribution in [3.63, 3.8) is 0 Å². The molecular weight excluding hydrogens is 344 g/mol. The van der Waals surface area contributed by atoms with E-state index in [1.807, 2.05) is 34.1 Å². The van der Waals surface area contributed by atoms with Gasteiger partial charge in [0.15, 0.2) is 0 Å². The van der Waals surface area contributed by atoms with Crippen LogP contribution in [-0.2, 0) is 6.54 Å². The first-order chi connectivity index (χ1) is 13.1. The van der Waals surface area contributed by atoms with Gasteiger partial charge in [0.05, 0.1) is 7.11 Å². The molecule has 0 aliphatic carbocycles. The molecule has 1 aromatic carbocycles.